The summed E-state index contributed by atoms with van der Waals surface area (Å²) in [5.41, 5.74) is 3.45. The number of nitrogens with zero attached hydrogens (tertiary/aromatic N) is 2. The van der Waals surface area contributed by atoms with Gasteiger partial charge in [-0.3, -0.25) is 4.79 Å². The van der Waals surface area contributed by atoms with E-state index >= 15 is 0 Å². The zero-order valence-electron chi connectivity index (χ0n) is 7.18. The second-order valence-corrected chi connectivity index (χ2v) is 2.55. The van der Waals surface area contributed by atoms with Gasteiger partial charge in [0.2, 0.25) is 5.69 Å². The number of nitro groups is 1. The van der Waals surface area contributed by atoms with Crippen LogP contribution in [-0.2, 0) is 0 Å². The van der Waals surface area contributed by atoms with Crippen molar-refractivity contribution in [3.63, 3.8) is 0 Å². The van der Waals surface area contributed by atoms with Crippen LogP contribution < -0.4 is 5.73 Å². The topological polar surface area (TPSA) is 99.1 Å². The number of carbonyl (C=O) groups is 1. The molecule has 6 nitrogen and oxygen atoms in total. The maximum atomic E-state index is 12.2. The molecular weight excluding hydrogens is 212 g/mol. The molecule has 0 aliphatic heterocycles. The number of pyridine rings is 1. The van der Waals surface area contributed by atoms with Crippen LogP contribution in [0.25, 0.3) is 0 Å². The standard InChI is InChI=1S/C7H5F2N3O3/c8-6(9)4-1-3(2-13)5(10)7(11-4)12(14)15/h1-2,6H,10H2. The number of nitrogen functional groups attached to an aromatic ring is 1. The summed E-state index contributed by atoms with van der Waals surface area (Å²) < 4.78 is 24.4. The van der Waals surface area contributed by atoms with Crippen molar-refractivity contribution in [2.24, 2.45) is 0 Å². The first-order chi connectivity index (χ1) is 6.97. The summed E-state index contributed by atoms with van der Waals surface area (Å²) in [5.74, 6) is -0.935. The Morgan fingerprint density at radius 1 is 1.60 bits per heavy atom. The van der Waals surface area contributed by atoms with Gasteiger partial charge in [-0.2, -0.15) is 0 Å². The number of alkyl halides is 2. The number of halogens is 2. The van der Waals surface area contributed by atoms with Gasteiger partial charge in [0.15, 0.2) is 6.29 Å². The first-order valence-electron chi connectivity index (χ1n) is 3.65. The molecule has 1 rings (SSSR count). The molecule has 0 bridgehead atoms. The molecule has 0 radical (unpaired) electrons. The number of aromatic nitrogens is 1. The van der Waals surface area contributed by atoms with E-state index in [1.54, 1.807) is 0 Å². The van der Waals surface area contributed by atoms with Crippen molar-refractivity contribution in [2.75, 3.05) is 5.73 Å². The number of carbonyl (C=O) groups excluding carboxylic acids is 1. The minimum absolute atomic E-state index is 0.163. The number of anilines is 1. The highest BCUT2D eigenvalue weighted by molar-refractivity contribution is 5.86. The minimum atomic E-state index is -3.00. The Kier molecular flexibility index (Phi) is 2.88. The molecule has 1 heterocycles. The van der Waals surface area contributed by atoms with E-state index in [-0.39, 0.29) is 11.8 Å². The van der Waals surface area contributed by atoms with Crippen LogP contribution in [0.4, 0.5) is 20.3 Å². The predicted molar refractivity (Wildman–Crippen MR) is 45.6 cm³/mol. The SMILES string of the molecule is Nc1c(C=O)cc(C(F)F)nc1[N+](=O)[O-]. The molecule has 0 spiro atoms. The minimum Gasteiger partial charge on any atom is -0.391 e. The quantitative estimate of drug-likeness (QED) is 0.467. The molecule has 1 aromatic rings. The first-order valence-corrected chi connectivity index (χ1v) is 3.65. The van der Waals surface area contributed by atoms with Gasteiger partial charge in [0, 0.05) is 6.07 Å². The molecule has 0 unspecified atom stereocenters. The van der Waals surface area contributed by atoms with Crippen LogP contribution in [0.5, 0.6) is 0 Å². The van der Waals surface area contributed by atoms with Crippen molar-refractivity contribution in [2.45, 2.75) is 6.43 Å². The van der Waals surface area contributed by atoms with Gasteiger partial charge in [-0.25, -0.2) is 8.78 Å². The molecule has 1 aromatic heterocycles. The summed E-state index contributed by atoms with van der Waals surface area (Å²) >= 11 is 0. The predicted octanol–water partition coefficient (Wildman–Crippen LogP) is 1.32. The molecule has 0 fully saturated rings. The summed E-state index contributed by atoms with van der Waals surface area (Å²) in [6.07, 6.45) is -2.83. The Morgan fingerprint density at radius 3 is 2.60 bits per heavy atom. The lowest BCUT2D eigenvalue weighted by Gasteiger charge is -2.01. The molecule has 0 atom stereocenters. The maximum Gasteiger partial charge on any atom is 0.387 e. The zero-order chi connectivity index (χ0) is 11.6. The number of rotatable bonds is 3. The van der Waals surface area contributed by atoms with Crippen molar-refractivity contribution in [3.8, 4) is 0 Å². The lowest BCUT2D eigenvalue weighted by Crippen LogP contribution is -2.05. The lowest BCUT2D eigenvalue weighted by molar-refractivity contribution is -0.388. The van der Waals surface area contributed by atoms with Gasteiger partial charge in [0.1, 0.15) is 5.69 Å². The molecular formula is C7H5F2N3O3. The van der Waals surface area contributed by atoms with Crippen LogP contribution in [0.3, 0.4) is 0 Å². The van der Waals surface area contributed by atoms with E-state index in [1.165, 1.54) is 0 Å². The number of nitrogens with two attached hydrogens (primary N) is 1. The highest BCUT2D eigenvalue weighted by Gasteiger charge is 2.24. The van der Waals surface area contributed by atoms with E-state index in [2.05, 4.69) is 4.98 Å². The van der Waals surface area contributed by atoms with Crippen LogP contribution in [0.15, 0.2) is 6.07 Å². The van der Waals surface area contributed by atoms with E-state index in [0.717, 1.165) is 6.07 Å². The smallest absolute Gasteiger partial charge is 0.387 e. The molecule has 0 amide bonds. The Bertz CT molecular complexity index is 422. The second-order valence-electron chi connectivity index (χ2n) is 2.55. The van der Waals surface area contributed by atoms with Gasteiger partial charge in [0.25, 0.3) is 0 Å². The fourth-order valence-electron chi connectivity index (χ4n) is 0.929. The van der Waals surface area contributed by atoms with Crippen LogP contribution in [0.1, 0.15) is 22.5 Å². The van der Waals surface area contributed by atoms with E-state index in [1.807, 2.05) is 0 Å². The van der Waals surface area contributed by atoms with E-state index in [9.17, 15) is 23.7 Å². The summed E-state index contributed by atoms with van der Waals surface area (Å²) in [5, 5.41) is 10.4. The Hall–Kier alpha value is -2.12. The van der Waals surface area contributed by atoms with Crippen LogP contribution in [0.2, 0.25) is 0 Å². The lowest BCUT2D eigenvalue weighted by atomic mass is 10.2. The number of aldehydes is 1. The highest BCUT2D eigenvalue weighted by Crippen LogP contribution is 2.27. The Balaban J connectivity index is 3.45. The maximum absolute atomic E-state index is 12.2. The largest absolute Gasteiger partial charge is 0.391 e. The Morgan fingerprint density at radius 2 is 2.20 bits per heavy atom. The summed E-state index contributed by atoms with van der Waals surface area (Å²) in [4.78, 5) is 22.8. The molecule has 0 aromatic carbocycles. The van der Waals surface area contributed by atoms with Crippen molar-refractivity contribution in [1.82, 2.24) is 4.98 Å². The number of hydrogen-bond donors (Lipinski definition) is 1. The fraction of sp³-hybridized carbons (Fsp3) is 0.143. The third-order valence-electron chi connectivity index (χ3n) is 1.61. The average Bonchev–Trinajstić information content (AvgIpc) is 2.17. The molecule has 0 aliphatic carbocycles. The van der Waals surface area contributed by atoms with Gasteiger partial charge in [0.05, 0.1) is 5.56 Å². The molecule has 80 valence electrons. The van der Waals surface area contributed by atoms with Gasteiger partial charge in [-0.05, 0) is 9.91 Å². The molecule has 0 saturated heterocycles. The van der Waals surface area contributed by atoms with Crippen molar-refractivity contribution in [1.29, 1.82) is 0 Å². The Labute approximate surface area is 81.9 Å². The molecule has 15 heavy (non-hydrogen) atoms. The molecule has 0 aliphatic rings. The van der Waals surface area contributed by atoms with Crippen LogP contribution in [0, 0.1) is 10.1 Å². The van der Waals surface area contributed by atoms with E-state index < -0.39 is 28.5 Å². The number of hydrogen-bond acceptors (Lipinski definition) is 5. The van der Waals surface area contributed by atoms with Gasteiger partial charge < -0.3 is 15.8 Å². The van der Waals surface area contributed by atoms with Gasteiger partial charge >= 0.3 is 12.2 Å². The summed E-state index contributed by atoms with van der Waals surface area (Å²) in [6, 6.07) is 0.722. The molecule has 2 N–H and O–H groups in total. The monoisotopic (exact) mass is 217 g/mol. The van der Waals surface area contributed by atoms with Gasteiger partial charge in [-0.15, -0.1) is 0 Å². The third-order valence-corrected chi connectivity index (χ3v) is 1.61. The summed E-state index contributed by atoms with van der Waals surface area (Å²) in [6.45, 7) is 0. The second kappa shape index (κ2) is 3.95. The normalized spacial score (nSPS) is 10.3. The van der Waals surface area contributed by atoms with E-state index in [0.29, 0.717) is 0 Å². The van der Waals surface area contributed by atoms with Crippen molar-refractivity contribution in [3.05, 3.63) is 27.4 Å². The summed E-state index contributed by atoms with van der Waals surface area (Å²) in [7, 11) is 0. The average molecular weight is 217 g/mol. The van der Waals surface area contributed by atoms with Crippen LogP contribution >= 0.6 is 0 Å². The zero-order valence-corrected chi connectivity index (χ0v) is 7.18. The van der Waals surface area contributed by atoms with E-state index in [4.69, 9.17) is 5.73 Å². The first kappa shape index (κ1) is 11.0. The molecule has 8 heteroatoms. The van der Waals surface area contributed by atoms with Crippen molar-refractivity contribution >= 4 is 17.8 Å². The molecule has 0 saturated carbocycles. The van der Waals surface area contributed by atoms with Crippen molar-refractivity contribution < 1.29 is 18.5 Å². The highest BCUT2D eigenvalue weighted by atomic mass is 19.3. The van der Waals surface area contributed by atoms with Crippen LogP contribution in [-0.4, -0.2) is 16.2 Å². The fourth-order valence-corrected chi connectivity index (χ4v) is 0.929. The van der Waals surface area contributed by atoms with Gasteiger partial charge in [-0.1, -0.05) is 0 Å². The third kappa shape index (κ3) is 2.03.